The predicted octanol–water partition coefficient (Wildman–Crippen LogP) is 5.35. The van der Waals surface area contributed by atoms with Crippen molar-refractivity contribution in [2.75, 3.05) is 17.6 Å². The van der Waals surface area contributed by atoms with Crippen LogP contribution in [0.15, 0.2) is 42.5 Å². The summed E-state index contributed by atoms with van der Waals surface area (Å²) in [6, 6.07) is 11.5. The van der Waals surface area contributed by atoms with Crippen LogP contribution in [0.5, 0.6) is 0 Å². The number of carbonyl (C=O) groups is 3. The topological polar surface area (TPSA) is 87.7 Å². The molecule has 0 spiro atoms. The van der Waals surface area contributed by atoms with Crippen molar-refractivity contribution in [3.05, 3.63) is 64.7 Å². The molecule has 0 heterocycles. The number of ether oxygens (including phenoxy) is 1. The van der Waals surface area contributed by atoms with Crippen LogP contribution in [0.3, 0.4) is 0 Å². The number of rotatable bonds is 9. The summed E-state index contributed by atoms with van der Waals surface area (Å²) in [6.07, 6.45) is -0.0878. The van der Waals surface area contributed by atoms with E-state index in [0.29, 0.717) is 18.7 Å². The Morgan fingerprint density at radius 1 is 1.03 bits per heavy atom. The third-order valence-electron chi connectivity index (χ3n) is 5.61. The van der Waals surface area contributed by atoms with Gasteiger partial charge in [-0.1, -0.05) is 48.9 Å². The van der Waals surface area contributed by atoms with Crippen LogP contribution in [0.25, 0.3) is 0 Å². The van der Waals surface area contributed by atoms with Gasteiger partial charge in [0.2, 0.25) is 5.91 Å². The predicted molar refractivity (Wildman–Crippen MR) is 147 cm³/mol. The van der Waals surface area contributed by atoms with Crippen molar-refractivity contribution < 1.29 is 19.1 Å². The number of carbonyl (C=O) groups excluding carboxylic acids is 3. The molecule has 0 aliphatic carbocycles. The van der Waals surface area contributed by atoms with Gasteiger partial charge in [-0.3, -0.25) is 9.59 Å². The van der Waals surface area contributed by atoms with Crippen molar-refractivity contribution in [2.45, 2.75) is 72.6 Å². The molecule has 2 aromatic rings. The van der Waals surface area contributed by atoms with Gasteiger partial charge in [0.15, 0.2) is 0 Å². The van der Waals surface area contributed by atoms with E-state index >= 15 is 0 Å². The standard InChI is InChI=1S/C28H39N3O4S/c1-8-15-31(26(33)23(17-36)30-27(34)35-28(5,6)7)24(21-16-18(2)13-14-19(21)3)25(32)29-22-12-10-9-11-20(22)4/h9-14,16,23-24,36H,8,15,17H2,1-7H3,(H,29,32)(H,30,34). The number of para-hydroxylation sites is 1. The molecule has 7 nitrogen and oxygen atoms in total. The van der Waals surface area contributed by atoms with E-state index in [1.165, 1.54) is 4.90 Å². The molecular weight excluding hydrogens is 474 g/mol. The van der Waals surface area contributed by atoms with Crippen LogP contribution in [-0.2, 0) is 14.3 Å². The molecule has 0 aromatic heterocycles. The molecular formula is C28H39N3O4S. The second-order valence-electron chi connectivity index (χ2n) is 9.98. The lowest BCUT2D eigenvalue weighted by molar-refractivity contribution is -0.140. The first-order chi connectivity index (χ1) is 16.9. The summed E-state index contributed by atoms with van der Waals surface area (Å²) in [5.41, 5.74) is 3.48. The third-order valence-corrected chi connectivity index (χ3v) is 5.98. The van der Waals surface area contributed by atoms with Crippen molar-refractivity contribution >= 4 is 36.2 Å². The van der Waals surface area contributed by atoms with Gasteiger partial charge >= 0.3 is 6.09 Å². The minimum absolute atomic E-state index is 0.0528. The van der Waals surface area contributed by atoms with Gasteiger partial charge < -0.3 is 20.3 Å². The van der Waals surface area contributed by atoms with Crippen molar-refractivity contribution in [3.63, 3.8) is 0 Å². The van der Waals surface area contributed by atoms with Gasteiger partial charge in [-0.25, -0.2) is 4.79 Å². The Morgan fingerprint density at radius 3 is 2.28 bits per heavy atom. The van der Waals surface area contributed by atoms with E-state index in [9.17, 15) is 14.4 Å². The van der Waals surface area contributed by atoms with Crippen molar-refractivity contribution in [1.29, 1.82) is 0 Å². The van der Waals surface area contributed by atoms with Gasteiger partial charge in [-0.15, -0.1) is 0 Å². The normalized spacial score (nSPS) is 12.9. The average molecular weight is 514 g/mol. The maximum atomic E-state index is 13.8. The number of nitrogens with one attached hydrogen (secondary N) is 2. The Balaban J connectivity index is 2.51. The van der Waals surface area contributed by atoms with Crippen molar-refractivity contribution in [1.82, 2.24) is 10.2 Å². The fraction of sp³-hybridized carbons (Fsp3) is 0.464. The highest BCUT2D eigenvalue weighted by Crippen LogP contribution is 2.29. The largest absolute Gasteiger partial charge is 0.444 e. The van der Waals surface area contributed by atoms with Crippen LogP contribution in [0, 0.1) is 20.8 Å². The monoisotopic (exact) mass is 513 g/mol. The highest BCUT2D eigenvalue weighted by molar-refractivity contribution is 7.80. The summed E-state index contributed by atoms with van der Waals surface area (Å²) >= 11 is 4.32. The Hall–Kier alpha value is -3.00. The molecule has 2 aromatic carbocycles. The van der Waals surface area contributed by atoms with Gasteiger partial charge in [0.1, 0.15) is 17.7 Å². The number of hydrogen-bond acceptors (Lipinski definition) is 5. The number of amides is 3. The van der Waals surface area contributed by atoms with Crippen molar-refractivity contribution in [3.8, 4) is 0 Å². The Bertz CT molecular complexity index is 1080. The molecule has 0 radical (unpaired) electrons. The lowest BCUT2D eigenvalue weighted by atomic mass is 9.96. The molecule has 3 amide bonds. The number of hydrogen-bond donors (Lipinski definition) is 3. The maximum absolute atomic E-state index is 13.8. The molecule has 36 heavy (non-hydrogen) atoms. The van der Waals surface area contributed by atoms with Gasteiger partial charge in [0.25, 0.3) is 5.91 Å². The summed E-state index contributed by atoms with van der Waals surface area (Å²) in [4.78, 5) is 41.6. The summed E-state index contributed by atoms with van der Waals surface area (Å²) in [7, 11) is 0. The first-order valence-corrected chi connectivity index (χ1v) is 12.9. The number of benzene rings is 2. The number of nitrogens with zero attached hydrogens (tertiary/aromatic N) is 1. The number of anilines is 1. The van der Waals surface area contributed by atoms with Crippen molar-refractivity contribution in [2.24, 2.45) is 0 Å². The quantitative estimate of drug-likeness (QED) is 0.394. The van der Waals surface area contributed by atoms with Crippen LogP contribution in [-0.4, -0.2) is 46.7 Å². The van der Waals surface area contributed by atoms with E-state index in [1.54, 1.807) is 20.8 Å². The smallest absolute Gasteiger partial charge is 0.408 e. The summed E-state index contributed by atoms with van der Waals surface area (Å²) < 4.78 is 5.35. The number of thiol groups is 1. The second-order valence-corrected chi connectivity index (χ2v) is 10.3. The summed E-state index contributed by atoms with van der Waals surface area (Å²) in [5.74, 6) is -0.671. The molecule has 8 heteroatoms. The second kappa shape index (κ2) is 12.8. The minimum atomic E-state index is -0.964. The van der Waals surface area contributed by atoms with Crippen LogP contribution >= 0.6 is 12.6 Å². The fourth-order valence-corrected chi connectivity index (χ4v) is 4.11. The van der Waals surface area contributed by atoms with Crippen LogP contribution in [0.2, 0.25) is 0 Å². The molecule has 0 bridgehead atoms. The SMILES string of the molecule is CCCN(C(=O)C(CS)NC(=O)OC(C)(C)C)C(C(=O)Nc1ccccc1C)c1cc(C)ccc1C. The molecule has 2 rings (SSSR count). The highest BCUT2D eigenvalue weighted by atomic mass is 32.1. The fourth-order valence-electron chi connectivity index (χ4n) is 3.86. The lowest BCUT2D eigenvalue weighted by Crippen LogP contribution is -2.53. The number of aryl methyl sites for hydroxylation is 3. The van der Waals surface area contributed by atoms with Gasteiger partial charge in [0, 0.05) is 18.0 Å². The average Bonchev–Trinajstić information content (AvgIpc) is 2.79. The van der Waals surface area contributed by atoms with Crippen LogP contribution < -0.4 is 10.6 Å². The van der Waals surface area contributed by atoms with Gasteiger partial charge in [0.05, 0.1) is 0 Å². The van der Waals surface area contributed by atoms with Crippen LogP contribution in [0.4, 0.5) is 10.5 Å². The zero-order chi connectivity index (χ0) is 27.0. The van der Waals surface area contributed by atoms with E-state index in [-0.39, 0.29) is 11.7 Å². The van der Waals surface area contributed by atoms with E-state index in [1.807, 2.05) is 70.2 Å². The van der Waals surface area contributed by atoms with E-state index in [4.69, 9.17) is 4.74 Å². The summed E-state index contributed by atoms with van der Waals surface area (Å²) in [6.45, 7) is 13.3. The molecule has 0 saturated carbocycles. The van der Waals surface area contributed by atoms with Crippen LogP contribution in [0.1, 0.15) is 62.4 Å². The molecule has 0 aliphatic heterocycles. The zero-order valence-electron chi connectivity index (χ0n) is 22.3. The minimum Gasteiger partial charge on any atom is -0.444 e. The molecule has 0 fully saturated rings. The highest BCUT2D eigenvalue weighted by Gasteiger charge is 2.36. The number of alkyl carbamates (subject to hydrolysis) is 1. The lowest BCUT2D eigenvalue weighted by Gasteiger charge is -2.35. The molecule has 2 atom stereocenters. The van der Waals surface area contributed by atoms with E-state index < -0.39 is 29.7 Å². The first kappa shape index (κ1) is 29.2. The Morgan fingerprint density at radius 2 is 1.69 bits per heavy atom. The zero-order valence-corrected chi connectivity index (χ0v) is 23.2. The molecule has 0 saturated heterocycles. The van der Waals surface area contributed by atoms with Gasteiger partial charge in [-0.05, 0) is 70.7 Å². The van der Waals surface area contributed by atoms with E-state index in [0.717, 1.165) is 22.3 Å². The van der Waals surface area contributed by atoms with E-state index in [2.05, 4.69) is 23.3 Å². The Labute approximate surface area is 220 Å². The first-order valence-electron chi connectivity index (χ1n) is 12.2. The van der Waals surface area contributed by atoms with Gasteiger partial charge in [-0.2, -0.15) is 12.6 Å². The third kappa shape index (κ3) is 8.01. The summed E-state index contributed by atoms with van der Waals surface area (Å²) in [5, 5.41) is 5.65. The Kier molecular flexibility index (Phi) is 10.4. The molecule has 0 aliphatic rings. The molecule has 2 N–H and O–H groups in total. The maximum Gasteiger partial charge on any atom is 0.408 e. The molecule has 2 unspecified atom stereocenters. The molecule has 196 valence electrons.